The number of para-hydroxylation sites is 1. The topological polar surface area (TPSA) is 78.5 Å². The van der Waals surface area contributed by atoms with E-state index in [4.69, 9.17) is 11.6 Å². The van der Waals surface area contributed by atoms with Crippen LogP contribution in [-0.2, 0) is 0 Å². The molecule has 6 nitrogen and oxygen atoms in total. The van der Waals surface area contributed by atoms with Crippen LogP contribution in [0.3, 0.4) is 0 Å². The van der Waals surface area contributed by atoms with Crippen LogP contribution in [0, 0.1) is 0 Å². The summed E-state index contributed by atoms with van der Waals surface area (Å²) in [5.74, 6) is 1.11. The average Bonchev–Trinajstić information content (AvgIpc) is 3.07. The van der Waals surface area contributed by atoms with Gasteiger partial charge in [0.05, 0.1) is 6.33 Å². The van der Waals surface area contributed by atoms with E-state index in [0.717, 1.165) is 16.9 Å². The van der Waals surface area contributed by atoms with Crippen molar-refractivity contribution in [2.45, 2.75) is 0 Å². The number of fused-ring (bicyclic) bond motifs is 1. The maximum absolute atomic E-state index is 5.91. The molecule has 0 aliphatic heterocycles. The number of benzene rings is 2. The molecule has 0 radical (unpaired) electrons. The first-order valence-electron chi connectivity index (χ1n) is 7.34. The molecule has 4 aromatic rings. The Balaban J connectivity index is 1.70. The lowest BCUT2D eigenvalue weighted by Gasteiger charge is -2.09. The number of halogens is 1. The standard InChI is InChI=1S/C17H13ClN6/c18-11-6-8-13(9-7-11)22-17-23-15-14(19-10-20-15)16(24-17)21-12-4-2-1-3-5-12/h1-10H,(H3,19,20,21,22,23,24). The van der Waals surface area contributed by atoms with E-state index in [1.54, 1.807) is 18.5 Å². The first-order valence-corrected chi connectivity index (χ1v) is 7.71. The molecular formula is C17H13ClN6. The smallest absolute Gasteiger partial charge is 0.231 e. The summed E-state index contributed by atoms with van der Waals surface area (Å²) < 4.78 is 0. The number of aromatic amines is 1. The van der Waals surface area contributed by atoms with Crippen molar-refractivity contribution in [2.75, 3.05) is 10.6 Å². The first-order chi connectivity index (χ1) is 11.8. The fraction of sp³-hybridized carbons (Fsp3) is 0. The Labute approximate surface area is 142 Å². The second kappa shape index (κ2) is 6.17. The Kier molecular flexibility index (Phi) is 3.72. The predicted molar refractivity (Wildman–Crippen MR) is 96.1 cm³/mol. The van der Waals surface area contributed by atoms with Gasteiger partial charge in [0.1, 0.15) is 5.52 Å². The van der Waals surface area contributed by atoms with E-state index in [9.17, 15) is 0 Å². The largest absolute Gasteiger partial charge is 0.340 e. The zero-order valence-electron chi connectivity index (χ0n) is 12.5. The number of aromatic nitrogens is 4. The molecule has 24 heavy (non-hydrogen) atoms. The van der Waals surface area contributed by atoms with Crippen molar-refractivity contribution in [1.82, 2.24) is 19.9 Å². The SMILES string of the molecule is Clc1ccc(Nc2nc(Nc3ccccc3)c3[nH]cnc3n2)cc1. The molecular weight excluding hydrogens is 324 g/mol. The molecule has 7 heteroatoms. The molecule has 4 rings (SSSR count). The van der Waals surface area contributed by atoms with Crippen molar-refractivity contribution < 1.29 is 0 Å². The van der Waals surface area contributed by atoms with E-state index in [2.05, 4.69) is 30.6 Å². The van der Waals surface area contributed by atoms with Gasteiger partial charge in [0.25, 0.3) is 0 Å². The van der Waals surface area contributed by atoms with Gasteiger partial charge in [-0.1, -0.05) is 29.8 Å². The lowest BCUT2D eigenvalue weighted by molar-refractivity contribution is 1.19. The second-order valence-corrected chi connectivity index (χ2v) is 5.56. The molecule has 0 unspecified atom stereocenters. The Morgan fingerprint density at radius 3 is 2.38 bits per heavy atom. The fourth-order valence-electron chi connectivity index (χ4n) is 2.30. The van der Waals surface area contributed by atoms with Gasteiger partial charge in [0.2, 0.25) is 5.95 Å². The Hall–Kier alpha value is -3.12. The number of H-pyrrole nitrogens is 1. The Morgan fingerprint density at radius 1 is 0.833 bits per heavy atom. The lowest BCUT2D eigenvalue weighted by atomic mass is 10.3. The molecule has 0 fully saturated rings. The highest BCUT2D eigenvalue weighted by Crippen LogP contribution is 2.24. The number of anilines is 4. The summed E-state index contributed by atoms with van der Waals surface area (Å²) in [6.45, 7) is 0. The van der Waals surface area contributed by atoms with Crippen LogP contribution in [0.5, 0.6) is 0 Å². The molecule has 0 aliphatic carbocycles. The molecule has 0 aliphatic rings. The molecule has 0 saturated heterocycles. The van der Waals surface area contributed by atoms with Crippen LogP contribution in [0.4, 0.5) is 23.1 Å². The van der Waals surface area contributed by atoms with Gasteiger partial charge in [-0.15, -0.1) is 0 Å². The number of rotatable bonds is 4. The zero-order valence-corrected chi connectivity index (χ0v) is 13.2. The number of nitrogens with one attached hydrogen (secondary N) is 3. The molecule has 0 amide bonds. The van der Waals surface area contributed by atoms with Crippen LogP contribution >= 0.6 is 11.6 Å². The summed E-state index contributed by atoms with van der Waals surface area (Å²) >= 11 is 5.91. The van der Waals surface area contributed by atoms with E-state index in [1.807, 2.05) is 42.5 Å². The summed E-state index contributed by atoms with van der Waals surface area (Å²) in [6, 6.07) is 17.2. The van der Waals surface area contributed by atoms with Crippen LogP contribution < -0.4 is 10.6 Å². The van der Waals surface area contributed by atoms with Gasteiger partial charge in [-0.25, -0.2) is 4.98 Å². The number of hydrogen-bond donors (Lipinski definition) is 3. The quantitative estimate of drug-likeness (QED) is 0.511. The number of imidazole rings is 1. The van der Waals surface area contributed by atoms with Crippen molar-refractivity contribution in [1.29, 1.82) is 0 Å². The Morgan fingerprint density at radius 2 is 1.58 bits per heavy atom. The van der Waals surface area contributed by atoms with Crippen LogP contribution in [0.1, 0.15) is 0 Å². The second-order valence-electron chi connectivity index (χ2n) is 5.12. The predicted octanol–water partition coefficient (Wildman–Crippen LogP) is 4.49. The van der Waals surface area contributed by atoms with Crippen molar-refractivity contribution >= 4 is 45.9 Å². The van der Waals surface area contributed by atoms with E-state index in [1.165, 1.54) is 0 Å². The molecule has 0 spiro atoms. The maximum Gasteiger partial charge on any atom is 0.231 e. The lowest BCUT2D eigenvalue weighted by Crippen LogP contribution is -2.02. The molecule has 2 aromatic carbocycles. The minimum absolute atomic E-state index is 0.454. The van der Waals surface area contributed by atoms with E-state index >= 15 is 0 Å². The highest BCUT2D eigenvalue weighted by Gasteiger charge is 2.10. The van der Waals surface area contributed by atoms with Gasteiger partial charge >= 0.3 is 0 Å². The van der Waals surface area contributed by atoms with Crippen molar-refractivity contribution in [3.8, 4) is 0 Å². The minimum atomic E-state index is 0.454. The van der Waals surface area contributed by atoms with Crippen molar-refractivity contribution in [3.63, 3.8) is 0 Å². The third-order valence-corrected chi connectivity index (χ3v) is 3.67. The maximum atomic E-state index is 5.91. The Bertz CT molecular complexity index is 965. The number of hydrogen-bond acceptors (Lipinski definition) is 5. The van der Waals surface area contributed by atoms with Gasteiger partial charge < -0.3 is 15.6 Å². The summed E-state index contributed by atoms with van der Waals surface area (Å²) in [6.07, 6.45) is 1.60. The van der Waals surface area contributed by atoms with Gasteiger partial charge in [0, 0.05) is 16.4 Å². The van der Waals surface area contributed by atoms with Gasteiger partial charge in [0.15, 0.2) is 11.5 Å². The van der Waals surface area contributed by atoms with Gasteiger partial charge in [-0.3, -0.25) is 0 Å². The monoisotopic (exact) mass is 336 g/mol. The van der Waals surface area contributed by atoms with Gasteiger partial charge in [-0.2, -0.15) is 9.97 Å². The van der Waals surface area contributed by atoms with Crippen LogP contribution in [-0.4, -0.2) is 19.9 Å². The van der Waals surface area contributed by atoms with Crippen LogP contribution in [0.2, 0.25) is 5.02 Å². The van der Waals surface area contributed by atoms with E-state index in [-0.39, 0.29) is 0 Å². The molecule has 2 aromatic heterocycles. The third kappa shape index (κ3) is 3.00. The number of nitrogens with zero attached hydrogens (tertiary/aromatic N) is 3. The van der Waals surface area contributed by atoms with Gasteiger partial charge in [-0.05, 0) is 36.4 Å². The molecule has 118 valence electrons. The normalized spacial score (nSPS) is 10.7. The molecule has 2 heterocycles. The summed E-state index contributed by atoms with van der Waals surface area (Å²) in [7, 11) is 0. The summed E-state index contributed by atoms with van der Waals surface area (Å²) in [5.41, 5.74) is 3.12. The zero-order chi connectivity index (χ0) is 16.4. The average molecular weight is 337 g/mol. The van der Waals surface area contributed by atoms with E-state index < -0.39 is 0 Å². The van der Waals surface area contributed by atoms with Crippen molar-refractivity contribution in [2.24, 2.45) is 0 Å². The summed E-state index contributed by atoms with van der Waals surface area (Å²) in [4.78, 5) is 16.3. The molecule has 0 saturated carbocycles. The van der Waals surface area contributed by atoms with Crippen molar-refractivity contribution in [3.05, 3.63) is 65.9 Å². The van der Waals surface area contributed by atoms with Crippen LogP contribution in [0.15, 0.2) is 60.9 Å². The third-order valence-electron chi connectivity index (χ3n) is 3.42. The summed E-state index contributed by atoms with van der Waals surface area (Å²) in [5, 5.41) is 7.13. The molecule has 0 atom stereocenters. The first kappa shape index (κ1) is 14.5. The molecule has 0 bridgehead atoms. The van der Waals surface area contributed by atoms with E-state index in [0.29, 0.717) is 22.4 Å². The highest BCUT2D eigenvalue weighted by atomic mass is 35.5. The molecule has 3 N–H and O–H groups in total. The minimum Gasteiger partial charge on any atom is -0.340 e. The fourth-order valence-corrected chi connectivity index (χ4v) is 2.43. The highest BCUT2D eigenvalue weighted by molar-refractivity contribution is 6.30. The van der Waals surface area contributed by atoms with Crippen LogP contribution in [0.25, 0.3) is 11.2 Å².